The van der Waals surface area contributed by atoms with Crippen LogP contribution >= 0.6 is 0 Å². The van der Waals surface area contributed by atoms with E-state index < -0.39 is 0 Å². The fourth-order valence-corrected chi connectivity index (χ4v) is 2.06. The van der Waals surface area contributed by atoms with Gasteiger partial charge in [-0.15, -0.1) is 0 Å². The summed E-state index contributed by atoms with van der Waals surface area (Å²) in [5.74, 6) is 0.409. The summed E-state index contributed by atoms with van der Waals surface area (Å²) < 4.78 is 0. The minimum absolute atomic E-state index is 0.105. The van der Waals surface area contributed by atoms with E-state index in [4.69, 9.17) is 0 Å². The molecular weight excluding hydrogens is 248 g/mol. The minimum Gasteiger partial charge on any atom is -0.507 e. The highest BCUT2D eigenvalue weighted by Gasteiger charge is 2.26. The smallest absolute Gasteiger partial charge is 0.123 e. The first-order chi connectivity index (χ1) is 8.93. The molecule has 1 rings (SSSR count). The second kappa shape index (κ2) is 5.47. The van der Waals surface area contributed by atoms with Crippen LogP contribution in [0.1, 0.15) is 58.2 Å². The van der Waals surface area contributed by atoms with Gasteiger partial charge in [0, 0.05) is 25.2 Å². The molecule has 0 atom stereocenters. The third-order valence-corrected chi connectivity index (χ3v) is 3.19. The lowest BCUT2D eigenvalue weighted by Crippen LogP contribution is -2.18. The van der Waals surface area contributed by atoms with Crippen molar-refractivity contribution in [2.45, 2.75) is 52.4 Å². The molecule has 0 saturated carbocycles. The van der Waals surface area contributed by atoms with Crippen LogP contribution < -0.4 is 0 Å². The summed E-state index contributed by atoms with van der Waals surface area (Å²) in [6.07, 6.45) is 1.84. The molecule has 112 valence electrons. The van der Waals surface area contributed by atoms with Gasteiger partial charge in [-0.3, -0.25) is 0 Å². The summed E-state index contributed by atoms with van der Waals surface area (Å²) in [6, 6.07) is 4.05. The number of nitrogens with zero attached hydrogens (tertiary/aromatic N) is 2. The van der Waals surface area contributed by atoms with Crippen LogP contribution in [0.2, 0.25) is 0 Å². The van der Waals surface area contributed by atoms with Gasteiger partial charge in [-0.2, -0.15) is 5.10 Å². The van der Waals surface area contributed by atoms with Crippen LogP contribution in [0.5, 0.6) is 5.75 Å². The fourth-order valence-electron chi connectivity index (χ4n) is 2.06. The Morgan fingerprint density at radius 3 is 1.65 bits per heavy atom. The first kappa shape index (κ1) is 16.5. The zero-order valence-corrected chi connectivity index (χ0v) is 14.1. The Bertz CT molecular complexity index is 468. The van der Waals surface area contributed by atoms with Crippen molar-refractivity contribution in [3.63, 3.8) is 0 Å². The summed E-state index contributed by atoms with van der Waals surface area (Å²) in [5.41, 5.74) is 2.74. The Morgan fingerprint density at radius 2 is 1.35 bits per heavy atom. The first-order valence-corrected chi connectivity index (χ1v) is 7.02. The summed E-state index contributed by atoms with van der Waals surface area (Å²) in [7, 11) is 3.79. The van der Waals surface area contributed by atoms with Gasteiger partial charge in [0.1, 0.15) is 5.75 Å². The molecule has 0 unspecified atom stereocenters. The maximum Gasteiger partial charge on any atom is 0.123 e. The quantitative estimate of drug-likeness (QED) is 0.657. The molecule has 0 aliphatic heterocycles. The Balaban J connectivity index is 3.50. The van der Waals surface area contributed by atoms with E-state index in [1.165, 1.54) is 0 Å². The van der Waals surface area contributed by atoms with Crippen LogP contribution in [0.15, 0.2) is 17.2 Å². The van der Waals surface area contributed by atoms with Gasteiger partial charge in [-0.05, 0) is 28.5 Å². The lowest BCUT2D eigenvalue weighted by Gasteiger charge is -2.27. The van der Waals surface area contributed by atoms with Crippen molar-refractivity contribution in [2.24, 2.45) is 5.10 Å². The molecule has 0 heterocycles. The molecule has 0 amide bonds. The largest absolute Gasteiger partial charge is 0.507 e. The van der Waals surface area contributed by atoms with Crippen molar-refractivity contribution in [3.05, 3.63) is 28.8 Å². The summed E-state index contributed by atoms with van der Waals surface area (Å²) in [4.78, 5) is 0. The topological polar surface area (TPSA) is 35.8 Å². The van der Waals surface area contributed by atoms with E-state index in [1.807, 2.05) is 32.4 Å². The van der Waals surface area contributed by atoms with Crippen molar-refractivity contribution in [3.8, 4) is 5.75 Å². The van der Waals surface area contributed by atoms with E-state index >= 15 is 0 Å². The monoisotopic (exact) mass is 276 g/mol. The molecule has 0 aliphatic carbocycles. The van der Waals surface area contributed by atoms with Gasteiger partial charge in [0.15, 0.2) is 0 Å². The highest BCUT2D eigenvalue weighted by atomic mass is 16.3. The lowest BCUT2D eigenvalue weighted by molar-refractivity contribution is 0.423. The number of benzene rings is 1. The molecule has 0 saturated heterocycles. The molecule has 1 aromatic rings. The van der Waals surface area contributed by atoms with Crippen molar-refractivity contribution in [1.29, 1.82) is 0 Å². The molecule has 1 N–H and O–H groups in total. The molecule has 0 radical (unpaired) electrons. The van der Waals surface area contributed by atoms with Crippen molar-refractivity contribution < 1.29 is 5.11 Å². The average Bonchev–Trinajstić information content (AvgIpc) is 2.24. The van der Waals surface area contributed by atoms with Gasteiger partial charge in [-0.1, -0.05) is 41.5 Å². The zero-order chi connectivity index (χ0) is 15.7. The van der Waals surface area contributed by atoms with E-state index in [0.717, 1.165) is 16.7 Å². The number of rotatable bonds is 2. The second-order valence-corrected chi connectivity index (χ2v) is 7.56. The normalized spacial score (nSPS) is 13.0. The molecule has 20 heavy (non-hydrogen) atoms. The molecule has 3 nitrogen and oxygen atoms in total. The third kappa shape index (κ3) is 3.99. The number of hydrogen-bond donors (Lipinski definition) is 1. The SMILES string of the molecule is CN(C)/N=C\c1cc(C(C)(C)C)c(O)c(C(C)(C)C)c1. The van der Waals surface area contributed by atoms with Gasteiger partial charge < -0.3 is 10.1 Å². The molecular formula is C17H28N2O. The molecule has 0 bridgehead atoms. The third-order valence-electron chi connectivity index (χ3n) is 3.19. The second-order valence-electron chi connectivity index (χ2n) is 7.56. The zero-order valence-electron chi connectivity index (χ0n) is 14.1. The maximum atomic E-state index is 10.6. The summed E-state index contributed by atoms with van der Waals surface area (Å²) >= 11 is 0. The summed E-state index contributed by atoms with van der Waals surface area (Å²) in [6.45, 7) is 12.7. The predicted octanol–water partition coefficient (Wildman–Crippen LogP) is 3.88. The molecule has 0 aromatic heterocycles. The number of phenolic OH excluding ortho intramolecular Hbond substituents is 1. The van der Waals surface area contributed by atoms with Gasteiger partial charge in [0.05, 0.1) is 6.21 Å². The van der Waals surface area contributed by atoms with Crippen LogP contribution in [0.4, 0.5) is 0 Å². The van der Waals surface area contributed by atoms with Crippen LogP contribution in [0.25, 0.3) is 0 Å². The average molecular weight is 276 g/mol. The Kier molecular flexibility index (Phi) is 4.52. The number of hydrogen-bond acceptors (Lipinski definition) is 3. The minimum atomic E-state index is -0.105. The Labute approximate surface area is 123 Å². The molecule has 0 fully saturated rings. The van der Waals surface area contributed by atoms with E-state index in [9.17, 15) is 5.11 Å². The molecule has 0 spiro atoms. The van der Waals surface area contributed by atoms with E-state index in [0.29, 0.717) is 5.75 Å². The lowest BCUT2D eigenvalue weighted by atomic mass is 9.78. The van der Waals surface area contributed by atoms with Crippen LogP contribution in [-0.2, 0) is 10.8 Å². The molecule has 1 aromatic carbocycles. The van der Waals surface area contributed by atoms with E-state index in [1.54, 1.807) is 5.01 Å². The van der Waals surface area contributed by atoms with Crippen LogP contribution in [-0.4, -0.2) is 30.4 Å². The van der Waals surface area contributed by atoms with E-state index in [2.05, 4.69) is 46.6 Å². The highest BCUT2D eigenvalue weighted by Crippen LogP contribution is 2.39. The van der Waals surface area contributed by atoms with Crippen molar-refractivity contribution in [1.82, 2.24) is 5.01 Å². The predicted molar refractivity (Wildman–Crippen MR) is 86.8 cm³/mol. The summed E-state index contributed by atoms with van der Waals surface area (Å²) in [5, 5.41) is 16.7. The molecule has 3 heteroatoms. The standard InChI is InChI=1S/C17H28N2O/c1-16(2,3)13-9-12(11-18-19(7)8)10-14(15(13)20)17(4,5)6/h9-11,20H,1-8H3/b18-11-. The van der Waals surface area contributed by atoms with Gasteiger partial charge in [0.2, 0.25) is 0 Å². The van der Waals surface area contributed by atoms with Gasteiger partial charge >= 0.3 is 0 Å². The van der Waals surface area contributed by atoms with Crippen LogP contribution in [0, 0.1) is 0 Å². The van der Waals surface area contributed by atoms with Gasteiger partial charge in [-0.25, -0.2) is 0 Å². The number of aromatic hydroxyl groups is 1. The maximum absolute atomic E-state index is 10.6. The highest BCUT2D eigenvalue weighted by molar-refractivity contribution is 5.81. The first-order valence-electron chi connectivity index (χ1n) is 7.02. The molecule has 0 aliphatic rings. The Hall–Kier alpha value is -1.51. The number of hydrazone groups is 1. The van der Waals surface area contributed by atoms with E-state index in [-0.39, 0.29) is 10.8 Å². The number of phenols is 1. The Morgan fingerprint density at radius 1 is 0.950 bits per heavy atom. The van der Waals surface area contributed by atoms with Crippen molar-refractivity contribution in [2.75, 3.05) is 14.1 Å². The van der Waals surface area contributed by atoms with Gasteiger partial charge in [0.25, 0.3) is 0 Å². The van der Waals surface area contributed by atoms with Crippen LogP contribution in [0.3, 0.4) is 0 Å². The fraction of sp³-hybridized carbons (Fsp3) is 0.588. The van der Waals surface area contributed by atoms with Crippen molar-refractivity contribution >= 4 is 6.21 Å².